The highest BCUT2D eigenvalue weighted by molar-refractivity contribution is 7.89. The summed E-state index contributed by atoms with van der Waals surface area (Å²) in [7, 11) is -2.10. The molecule has 0 aliphatic carbocycles. The lowest BCUT2D eigenvalue weighted by Gasteiger charge is -2.12. The molecular weight excluding hydrogens is 383 g/mol. The molecule has 1 aliphatic rings. The van der Waals surface area contributed by atoms with Crippen molar-refractivity contribution in [2.75, 3.05) is 7.05 Å². The molecule has 2 unspecified atom stereocenters. The van der Waals surface area contributed by atoms with Gasteiger partial charge >= 0.3 is 0 Å². The van der Waals surface area contributed by atoms with E-state index in [0.717, 1.165) is 11.1 Å². The fourth-order valence-electron chi connectivity index (χ4n) is 3.07. The molecule has 3 rings (SSSR count). The third kappa shape index (κ3) is 5.14. The number of amides is 1. The van der Waals surface area contributed by atoms with Crippen molar-refractivity contribution in [3.05, 3.63) is 65.5 Å². The van der Waals surface area contributed by atoms with Crippen molar-refractivity contribution in [2.45, 2.75) is 36.4 Å². The molecule has 1 saturated heterocycles. The van der Waals surface area contributed by atoms with Crippen LogP contribution in [-0.4, -0.2) is 27.5 Å². The van der Waals surface area contributed by atoms with Gasteiger partial charge in [0.15, 0.2) is 0 Å². The Morgan fingerprint density at radius 3 is 2.61 bits per heavy atom. The second-order valence-electron chi connectivity index (χ2n) is 6.60. The molecule has 0 saturated carbocycles. The number of carbonyl (C=O) groups is 1. The molecule has 1 amide bonds. The zero-order valence-electron chi connectivity index (χ0n) is 15.4. The SMILES string of the molecule is CNS(=O)(=O)c1ccc(CCC(=O)NC2CC(c3cccc(F)c3)NN2)cc1. The number of benzene rings is 2. The van der Waals surface area contributed by atoms with Crippen LogP contribution in [0.15, 0.2) is 53.4 Å². The van der Waals surface area contributed by atoms with Crippen LogP contribution in [0.4, 0.5) is 4.39 Å². The van der Waals surface area contributed by atoms with Gasteiger partial charge in [-0.15, -0.1) is 0 Å². The summed E-state index contributed by atoms with van der Waals surface area (Å²) in [4.78, 5) is 12.4. The fourth-order valence-corrected chi connectivity index (χ4v) is 3.80. The summed E-state index contributed by atoms with van der Waals surface area (Å²) in [5, 5.41) is 2.90. The van der Waals surface area contributed by atoms with Gasteiger partial charge in [0.2, 0.25) is 15.9 Å². The third-order valence-electron chi connectivity index (χ3n) is 4.63. The highest BCUT2D eigenvalue weighted by Crippen LogP contribution is 2.22. The minimum Gasteiger partial charge on any atom is -0.339 e. The summed E-state index contributed by atoms with van der Waals surface area (Å²) >= 11 is 0. The van der Waals surface area contributed by atoms with Gasteiger partial charge in [-0.3, -0.25) is 4.79 Å². The van der Waals surface area contributed by atoms with Crippen molar-refractivity contribution < 1.29 is 17.6 Å². The van der Waals surface area contributed by atoms with E-state index in [1.807, 2.05) is 6.07 Å². The summed E-state index contributed by atoms with van der Waals surface area (Å²) in [6.07, 6.45) is 1.13. The summed E-state index contributed by atoms with van der Waals surface area (Å²) in [5.74, 6) is -0.411. The van der Waals surface area contributed by atoms with Crippen molar-refractivity contribution in [3.8, 4) is 0 Å². The van der Waals surface area contributed by atoms with E-state index in [4.69, 9.17) is 0 Å². The number of carbonyl (C=O) groups excluding carboxylic acids is 1. The normalized spacial score (nSPS) is 19.5. The molecule has 4 N–H and O–H groups in total. The Bertz CT molecular complexity index is 934. The Morgan fingerprint density at radius 2 is 1.93 bits per heavy atom. The van der Waals surface area contributed by atoms with Gasteiger partial charge in [0.1, 0.15) is 5.82 Å². The van der Waals surface area contributed by atoms with Crippen LogP contribution in [0.5, 0.6) is 0 Å². The Balaban J connectivity index is 1.47. The first-order valence-corrected chi connectivity index (χ1v) is 10.4. The van der Waals surface area contributed by atoms with Crippen LogP contribution in [0.2, 0.25) is 0 Å². The van der Waals surface area contributed by atoms with Crippen LogP contribution >= 0.6 is 0 Å². The van der Waals surface area contributed by atoms with Crippen LogP contribution in [0.3, 0.4) is 0 Å². The molecular formula is C19H23FN4O3S. The molecule has 0 bridgehead atoms. The quantitative estimate of drug-likeness (QED) is 0.556. The van der Waals surface area contributed by atoms with E-state index < -0.39 is 10.0 Å². The molecule has 0 aromatic heterocycles. The minimum atomic E-state index is -3.46. The van der Waals surface area contributed by atoms with Crippen LogP contribution in [0.25, 0.3) is 0 Å². The lowest BCUT2D eigenvalue weighted by molar-refractivity contribution is -0.121. The molecule has 0 spiro atoms. The predicted molar refractivity (Wildman–Crippen MR) is 103 cm³/mol. The maximum Gasteiger partial charge on any atom is 0.240 e. The molecule has 9 heteroatoms. The Hall–Kier alpha value is -2.33. The summed E-state index contributed by atoms with van der Waals surface area (Å²) in [6, 6.07) is 12.7. The van der Waals surface area contributed by atoms with Gasteiger partial charge in [0, 0.05) is 18.9 Å². The van der Waals surface area contributed by atoms with Gasteiger partial charge in [-0.1, -0.05) is 24.3 Å². The third-order valence-corrected chi connectivity index (χ3v) is 6.06. The number of sulfonamides is 1. The molecule has 28 heavy (non-hydrogen) atoms. The van der Waals surface area contributed by atoms with E-state index in [0.29, 0.717) is 12.8 Å². The standard InChI is InChI=1S/C19H23FN4O3S/c1-21-28(26,27)16-8-5-13(6-9-16)7-10-19(25)22-18-12-17(23-24-18)14-3-2-4-15(20)11-14/h2-6,8-9,11,17-18,21,23-24H,7,10,12H2,1H3,(H,22,25). The van der Waals surface area contributed by atoms with E-state index in [1.165, 1.54) is 31.3 Å². The molecule has 2 aromatic rings. The number of halogens is 1. The van der Waals surface area contributed by atoms with Gasteiger partial charge in [0.05, 0.1) is 11.1 Å². The van der Waals surface area contributed by atoms with E-state index in [9.17, 15) is 17.6 Å². The van der Waals surface area contributed by atoms with Crippen LogP contribution in [0, 0.1) is 5.82 Å². The second kappa shape index (κ2) is 8.78. The number of hydrazine groups is 1. The summed E-state index contributed by atoms with van der Waals surface area (Å²) in [6.45, 7) is 0. The van der Waals surface area contributed by atoms with E-state index in [2.05, 4.69) is 20.9 Å². The first-order chi connectivity index (χ1) is 13.4. The molecule has 1 heterocycles. The van der Waals surface area contributed by atoms with E-state index >= 15 is 0 Å². The summed E-state index contributed by atoms with van der Waals surface area (Å²) in [5.41, 5.74) is 7.76. The molecule has 7 nitrogen and oxygen atoms in total. The van der Waals surface area contributed by atoms with Crippen molar-refractivity contribution in [1.82, 2.24) is 20.9 Å². The van der Waals surface area contributed by atoms with Crippen molar-refractivity contribution >= 4 is 15.9 Å². The van der Waals surface area contributed by atoms with Gasteiger partial charge in [0.25, 0.3) is 0 Å². The lowest BCUT2D eigenvalue weighted by atomic mass is 10.0. The van der Waals surface area contributed by atoms with E-state index in [-0.39, 0.29) is 35.2 Å². The predicted octanol–water partition coefficient (Wildman–Crippen LogP) is 1.35. The zero-order valence-corrected chi connectivity index (χ0v) is 16.2. The summed E-state index contributed by atoms with van der Waals surface area (Å²) < 4.78 is 39.0. The molecule has 1 aliphatic heterocycles. The maximum atomic E-state index is 13.3. The smallest absolute Gasteiger partial charge is 0.240 e. The molecule has 2 atom stereocenters. The molecule has 2 aromatic carbocycles. The zero-order chi connectivity index (χ0) is 20.1. The number of rotatable bonds is 7. The van der Waals surface area contributed by atoms with Gasteiger partial charge < -0.3 is 5.32 Å². The topological polar surface area (TPSA) is 99.3 Å². The number of aryl methyl sites for hydroxylation is 1. The van der Waals surface area contributed by atoms with Crippen molar-refractivity contribution in [1.29, 1.82) is 0 Å². The van der Waals surface area contributed by atoms with Gasteiger partial charge in [-0.05, 0) is 48.9 Å². The van der Waals surface area contributed by atoms with Gasteiger partial charge in [-0.2, -0.15) is 0 Å². The highest BCUT2D eigenvalue weighted by atomic mass is 32.2. The van der Waals surface area contributed by atoms with Crippen LogP contribution in [0.1, 0.15) is 30.0 Å². The first-order valence-electron chi connectivity index (χ1n) is 8.96. The molecule has 0 radical (unpaired) electrons. The van der Waals surface area contributed by atoms with Crippen molar-refractivity contribution in [2.24, 2.45) is 0 Å². The Labute approximate surface area is 163 Å². The van der Waals surface area contributed by atoms with Crippen molar-refractivity contribution in [3.63, 3.8) is 0 Å². The number of nitrogens with one attached hydrogen (secondary N) is 4. The van der Waals surface area contributed by atoms with E-state index in [1.54, 1.807) is 18.2 Å². The Kier molecular flexibility index (Phi) is 6.40. The molecule has 150 valence electrons. The monoisotopic (exact) mass is 406 g/mol. The largest absolute Gasteiger partial charge is 0.339 e. The number of hydrogen-bond donors (Lipinski definition) is 4. The van der Waals surface area contributed by atoms with Crippen LogP contribution < -0.4 is 20.9 Å². The van der Waals surface area contributed by atoms with Gasteiger partial charge in [-0.25, -0.2) is 28.4 Å². The average Bonchev–Trinajstić information content (AvgIpc) is 3.15. The Morgan fingerprint density at radius 1 is 1.18 bits per heavy atom. The minimum absolute atomic E-state index is 0.0809. The average molecular weight is 406 g/mol. The fraction of sp³-hybridized carbons (Fsp3) is 0.316. The van der Waals surface area contributed by atoms with Crippen LogP contribution in [-0.2, 0) is 21.2 Å². The first kappa shape index (κ1) is 20.4. The number of hydrogen-bond acceptors (Lipinski definition) is 5. The molecule has 1 fully saturated rings. The lowest BCUT2D eigenvalue weighted by Crippen LogP contribution is -2.44. The highest BCUT2D eigenvalue weighted by Gasteiger charge is 2.26. The second-order valence-corrected chi connectivity index (χ2v) is 8.49. The maximum absolute atomic E-state index is 13.3.